The fourth-order valence-corrected chi connectivity index (χ4v) is 15.1. The van der Waals surface area contributed by atoms with Gasteiger partial charge in [-0.05, 0) is 176 Å². The Bertz CT molecular complexity index is 5710. The predicted molar refractivity (Wildman–Crippen MR) is 556 cm³/mol. The van der Waals surface area contributed by atoms with Gasteiger partial charge in [0.05, 0.1) is 104 Å². The molecule has 19 heteroatoms. The zero-order chi connectivity index (χ0) is 94.7. The molecule has 0 bridgehead atoms. The molecule has 8 aliphatic heterocycles. The lowest BCUT2D eigenvalue weighted by Crippen LogP contribution is -2.20. The largest absolute Gasteiger partial charge is 0.325 e. The molecule has 12 aromatic rings. The summed E-state index contributed by atoms with van der Waals surface area (Å²) in [6, 6.07) is 45.3. The summed E-state index contributed by atoms with van der Waals surface area (Å²) in [4.78, 5) is 74.6. The van der Waals surface area contributed by atoms with E-state index in [-0.39, 0.29) is 61.8 Å². The van der Waals surface area contributed by atoms with Gasteiger partial charge in [-0.1, -0.05) is 222 Å². The van der Waals surface area contributed by atoms with Crippen molar-refractivity contribution in [2.24, 2.45) is 56.2 Å². The van der Waals surface area contributed by atoms with Gasteiger partial charge in [0.1, 0.15) is 5.52 Å². The van der Waals surface area contributed by atoms with E-state index in [2.05, 4.69) is 374 Å². The second-order valence-electron chi connectivity index (χ2n) is 44.2. The third kappa shape index (κ3) is 26.9. The molecule has 9 aromatic heterocycles. The summed E-state index contributed by atoms with van der Waals surface area (Å²) >= 11 is 0. The van der Waals surface area contributed by atoms with Crippen molar-refractivity contribution in [3.05, 3.63) is 257 Å². The number of rotatable bonds is 0. The summed E-state index contributed by atoms with van der Waals surface area (Å²) in [5.41, 5.74) is 34.0. The normalized spacial score (nSPS) is 14.3. The van der Waals surface area contributed by atoms with Crippen LogP contribution in [0.15, 0.2) is 223 Å². The number of hydrogen-bond donors (Lipinski definition) is 0. The minimum atomic E-state index is 0. The minimum Gasteiger partial charge on any atom is -0.325 e. The van der Waals surface area contributed by atoms with Gasteiger partial charge in [0, 0.05) is 180 Å². The number of benzene rings is 3. The first kappa shape index (κ1) is 101. The average molecular weight is 1760 g/mol. The maximum atomic E-state index is 4.64. The van der Waals surface area contributed by atoms with Crippen LogP contribution in [-0.4, -0.2) is 102 Å². The van der Waals surface area contributed by atoms with Gasteiger partial charge >= 0.3 is 0 Å². The third-order valence-corrected chi connectivity index (χ3v) is 22.9. The Kier molecular flexibility index (Phi) is 31.8. The van der Waals surface area contributed by atoms with Gasteiger partial charge in [-0.15, -0.1) is 0 Å². The van der Waals surface area contributed by atoms with Crippen molar-refractivity contribution in [2.45, 2.75) is 305 Å². The molecule has 0 saturated carbocycles. The van der Waals surface area contributed by atoms with Gasteiger partial charge < -0.3 is 9.13 Å². The number of fused-ring (bicyclic) bond motifs is 10. The van der Waals surface area contributed by atoms with Gasteiger partial charge in [0.15, 0.2) is 5.65 Å². The van der Waals surface area contributed by atoms with E-state index >= 15 is 0 Å². The number of hydrogen-bond acceptors (Lipinski definition) is 17. The Morgan fingerprint density at radius 3 is 1.22 bits per heavy atom. The Balaban J connectivity index is 0.000000151. The second-order valence-corrected chi connectivity index (χ2v) is 44.2. The molecule has 0 fully saturated rings. The van der Waals surface area contributed by atoms with Crippen LogP contribution in [0.2, 0.25) is 0 Å². The maximum absolute atomic E-state index is 4.64. The van der Waals surface area contributed by atoms with Crippen LogP contribution in [-0.2, 0) is 89.5 Å². The van der Waals surface area contributed by atoms with Crippen molar-refractivity contribution in [3.8, 4) is 0 Å². The van der Waals surface area contributed by atoms with Gasteiger partial charge in [0.25, 0.3) is 0 Å². The molecule has 688 valence electrons. The Labute approximate surface area is 782 Å². The minimum absolute atomic E-state index is 0. The lowest BCUT2D eigenvalue weighted by Gasteiger charge is -2.21. The van der Waals surface area contributed by atoms with Crippen molar-refractivity contribution in [2.75, 3.05) is 0 Å². The Hall–Kier alpha value is -12.0. The fraction of sp³-hybridized carbons (Fsp3) is 0.438. The zero-order valence-electron chi connectivity index (χ0n) is 83.4. The summed E-state index contributed by atoms with van der Waals surface area (Å²) in [6.45, 7) is 65.8. The van der Waals surface area contributed by atoms with Gasteiger partial charge in [-0.2, -0.15) is 0 Å². The number of pyridine rings is 7. The zero-order valence-corrected chi connectivity index (χ0v) is 83.4. The molecule has 20 rings (SSSR count). The summed E-state index contributed by atoms with van der Waals surface area (Å²) in [6.07, 6.45) is 32.1. The van der Waals surface area contributed by atoms with Crippen LogP contribution in [0.3, 0.4) is 0 Å². The van der Waals surface area contributed by atoms with E-state index in [1.165, 1.54) is 61.7 Å². The molecule has 0 N–H and O–H groups in total. The number of nitrogens with zero attached hydrogens (tertiary/aromatic N) is 19. The smallest absolute Gasteiger partial charge is 0.160 e. The lowest BCUT2D eigenvalue weighted by atomic mass is 9.85. The van der Waals surface area contributed by atoms with Crippen LogP contribution in [0.4, 0.5) is 45.5 Å². The third-order valence-electron chi connectivity index (χ3n) is 22.9. The first-order valence-electron chi connectivity index (χ1n) is 45.9. The Morgan fingerprint density at radius 2 is 0.687 bits per heavy atom. The molecule has 17 heterocycles. The van der Waals surface area contributed by atoms with Gasteiger partial charge in [-0.25, -0.2) is 15.0 Å². The van der Waals surface area contributed by atoms with E-state index in [9.17, 15) is 0 Å². The first-order chi connectivity index (χ1) is 60.8. The molecule has 0 aliphatic carbocycles. The van der Waals surface area contributed by atoms with E-state index < -0.39 is 0 Å². The first-order valence-corrected chi connectivity index (χ1v) is 45.9. The summed E-state index contributed by atoms with van der Waals surface area (Å²) < 4.78 is 4.28. The Morgan fingerprint density at radius 1 is 0.267 bits per heavy atom. The van der Waals surface area contributed by atoms with Crippen LogP contribution in [0.5, 0.6) is 0 Å². The molecular formula is C112H145N19. The van der Waals surface area contributed by atoms with Crippen LogP contribution < -0.4 is 0 Å². The van der Waals surface area contributed by atoms with Crippen molar-refractivity contribution < 1.29 is 0 Å². The van der Waals surface area contributed by atoms with Crippen LogP contribution >= 0.6 is 0 Å². The number of aliphatic imine (C=N–C) groups is 8. The van der Waals surface area contributed by atoms with Crippen molar-refractivity contribution in [1.29, 1.82) is 0 Å². The monoisotopic (exact) mass is 1760 g/mol. The average Bonchev–Trinajstić information content (AvgIpc) is 1.59. The van der Waals surface area contributed by atoms with E-state index in [1.54, 1.807) is 6.20 Å². The highest BCUT2D eigenvalue weighted by molar-refractivity contribution is 5.99. The van der Waals surface area contributed by atoms with Crippen molar-refractivity contribution >= 4 is 116 Å². The molecule has 0 saturated heterocycles. The SMILES string of the molecule is C.CC(C)(C)C1=Nc2ccccc2C1.CC(C)(C)C1=Nc2cccnc2C1.CC(C)(C)C1=Nc2cccnc2C1.CC(C)(C)c1cc2c(cn1)N=CC2.CC(C)(C)c1ccc2c(n1)CC=N2.CC(C)(C)c1cccc2c1N=CC2.CC(C)(C)c1ccnc2c1N=CC2.CC(C)(C)c1ccnc2c1N=CC2.CC(C)(C)n1cnc2ccccc21.CC(C)(C)n1cnc2cccnc21. The van der Waals surface area contributed by atoms with E-state index in [0.717, 1.165) is 148 Å². The molecular weight excluding hydrogens is 1610 g/mol. The lowest BCUT2D eigenvalue weighted by molar-refractivity contribution is 0.406. The topological polar surface area (TPSA) is 225 Å². The number of imidazole rings is 2. The summed E-state index contributed by atoms with van der Waals surface area (Å²) in [7, 11) is 0. The van der Waals surface area contributed by atoms with E-state index in [4.69, 9.17) is 0 Å². The van der Waals surface area contributed by atoms with Crippen LogP contribution in [0.25, 0.3) is 22.2 Å². The highest BCUT2D eigenvalue weighted by Gasteiger charge is 2.31. The van der Waals surface area contributed by atoms with Crippen LogP contribution in [0.1, 0.15) is 288 Å². The predicted octanol–water partition coefficient (Wildman–Crippen LogP) is 28.3. The standard InChI is InChI=1S/2C12H15N.7C11H14N2.C10H13N3.CH4/c1-12(2,3)10-6-4-5-9-7-8-13-11(9)10;1-12(2,3)11-8-9-6-4-5-7-10(9)13-11;2*1-11(2,3)8-4-6-12-9-5-7-13-10(8)9;1-11(2,3)10-6-8-4-5-12-9(8)7-13-10;1-11(2,3)10-5-4-8-9(13-10)6-7-12-8;2*1-11(2,3)10-7-9-8(13-10)5-4-6-12-9;1-11(2,3)13-8-12-9-6-4-5-7-10(9)13;1-10(2,3)13-7-12-8-5-4-6-11-9(8)13;/h4-6,8H,7H2,1-3H3;4-7H,8H2,1-3H3;2*4,6-7H,5H2,1-3H3;5-7H,4H2,1-3H3;4-5,7H,6H2,1-3H3;2*4-6H,7H2,1-3H3;4-8H,1-3H3;4-7H,1-3H3;1H4. The van der Waals surface area contributed by atoms with Crippen molar-refractivity contribution in [1.82, 2.24) is 54.0 Å². The second kappa shape index (κ2) is 41.2. The number of aromatic nitrogens is 11. The molecule has 3 aromatic carbocycles. The molecule has 131 heavy (non-hydrogen) atoms. The van der Waals surface area contributed by atoms with Crippen LogP contribution in [0, 0.1) is 16.2 Å². The molecule has 8 aliphatic rings. The van der Waals surface area contributed by atoms with E-state index in [0.29, 0.717) is 0 Å². The van der Waals surface area contributed by atoms with E-state index in [1.807, 2.05) is 135 Å². The molecule has 0 unspecified atom stereocenters. The summed E-state index contributed by atoms with van der Waals surface area (Å²) in [5.74, 6) is 0. The van der Waals surface area contributed by atoms with Crippen molar-refractivity contribution in [3.63, 3.8) is 0 Å². The summed E-state index contributed by atoms with van der Waals surface area (Å²) in [5, 5.41) is 0. The van der Waals surface area contributed by atoms with Gasteiger partial charge in [-0.3, -0.25) is 69.8 Å². The fourth-order valence-electron chi connectivity index (χ4n) is 15.1. The molecule has 0 amide bonds. The highest BCUT2D eigenvalue weighted by atomic mass is 15.1. The molecule has 0 atom stereocenters. The quantitative estimate of drug-likeness (QED) is 0.140. The highest BCUT2D eigenvalue weighted by Crippen LogP contribution is 2.41. The molecule has 0 radical (unpaired) electrons. The number of para-hydroxylation sites is 4. The molecule has 19 nitrogen and oxygen atoms in total. The van der Waals surface area contributed by atoms with Gasteiger partial charge in [0.2, 0.25) is 0 Å². The molecule has 0 spiro atoms. The maximum Gasteiger partial charge on any atom is 0.160 e.